The fourth-order valence-corrected chi connectivity index (χ4v) is 4.48. The van der Waals surface area contributed by atoms with Gasteiger partial charge in [0.1, 0.15) is 5.75 Å². The highest BCUT2D eigenvalue weighted by Crippen LogP contribution is 2.39. The van der Waals surface area contributed by atoms with Gasteiger partial charge in [0.05, 0.1) is 34.4 Å². The van der Waals surface area contributed by atoms with Crippen LogP contribution in [0, 0.1) is 0 Å². The van der Waals surface area contributed by atoms with Gasteiger partial charge in [0.25, 0.3) is 0 Å². The van der Waals surface area contributed by atoms with Crippen LogP contribution in [0.25, 0.3) is 16.4 Å². The van der Waals surface area contributed by atoms with E-state index in [1.54, 1.807) is 25.4 Å². The number of hydrogen-bond acceptors (Lipinski definition) is 5. The molecular formula is C21H23BrN2O3S. The number of nitrogens with zero attached hydrogens (tertiary/aromatic N) is 2. The molecule has 7 heteroatoms. The van der Waals surface area contributed by atoms with Crippen LogP contribution in [0.15, 0.2) is 34.1 Å². The molecule has 0 aliphatic carbocycles. The Balaban J connectivity index is 0.00000109. The summed E-state index contributed by atoms with van der Waals surface area (Å²) in [4.78, 5) is 18.1. The van der Waals surface area contributed by atoms with Crippen LogP contribution in [0.4, 0.5) is 0 Å². The highest BCUT2D eigenvalue weighted by atomic mass is 79.9. The third kappa shape index (κ3) is 3.61. The molecule has 3 aromatic rings. The molecule has 0 bridgehead atoms. The SMILES string of the molecule is CC.CCOC(=O)c1nc(-c2cccs2)n2c1CCc1cc(OC)c(Br)cc1-2. The van der Waals surface area contributed by atoms with Gasteiger partial charge in [-0.25, -0.2) is 9.78 Å². The van der Waals surface area contributed by atoms with E-state index in [2.05, 4.69) is 25.5 Å². The number of methoxy groups -OCH3 is 1. The maximum Gasteiger partial charge on any atom is 0.358 e. The Bertz CT molecular complexity index is 980. The van der Waals surface area contributed by atoms with Gasteiger partial charge >= 0.3 is 5.97 Å². The number of imidazole rings is 1. The van der Waals surface area contributed by atoms with E-state index >= 15 is 0 Å². The van der Waals surface area contributed by atoms with Gasteiger partial charge in [0, 0.05) is 0 Å². The van der Waals surface area contributed by atoms with Gasteiger partial charge < -0.3 is 9.47 Å². The van der Waals surface area contributed by atoms with Gasteiger partial charge in [0.15, 0.2) is 11.5 Å². The fraction of sp³-hybridized carbons (Fsp3) is 0.333. The zero-order chi connectivity index (χ0) is 20.3. The molecule has 4 rings (SSSR count). The van der Waals surface area contributed by atoms with E-state index in [-0.39, 0.29) is 5.97 Å². The summed E-state index contributed by atoms with van der Waals surface area (Å²) in [7, 11) is 1.66. The lowest BCUT2D eigenvalue weighted by molar-refractivity contribution is 0.0518. The van der Waals surface area contributed by atoms with Crippen LogP contribution in [0.3, 0.4) is 0 Å². The maximum atomic E-state index is 12.5. The van der Waals surface area contributed by atoms with Crippen LogP contribution in [0.5, 0.6) is 5.75 Å². The molecule has 1 aromatic carbocycles. The molecule has 0 N–H and O–H groups in total. The largest absolute Gasteiger partial charge is 0.496 e. The van der Waals surface area contributed by atoms with Gasteiger partial charge in [-0.2, -0.15) is 0 Å². The predicted molar refractivity (Wildman–Crippen MR) is 116 cm³/mol. The number of carbonyl (C=O) groups excluding carboxylic acids is 1. The molecule has 3 heterocycles. The highest BCUT2D eigenvalue weighted by molar-refractivity contribution is 9.10. The van der Waals surface area contributed by atoms with Crippen LogP contribution < -0.4 is 4.74 Å². The topological polar surface area (TPSA) is 53.3 Å². The molecule has 2 aromatic heterocycles. The monoisotopic (exact) mass is 462 g/mol. The predicted octanol–water partition coefficient (Wildman–Crippen LogP) is 5.67. The molecule has 0 amide bonds. The lowest BCUT2D eigenvalue weighted by Gasteiger charge is -2.22. The Morgan fingerprint density at radius 3 is 2.75 bits per heavy atom. The van der Waals surface area contributed by atoms with Gasteiger partial charge in [0.2, 0.25) is 0 Å². The van der Waals surface area contributed by atoms with E-state index in [1.807, 2.05) is 43.5 Å². The van der Waals surface area contributed by atoms with Crippen molar-refractivity contribution >= 4 is 33.2 Å². The first-order valence-corrected chi connectivity index (χ1v) is 11.0. The second-order valence-corrected chi connectivity index (χ2v) is 7.68. The van der Waals surface area contributed by atoms with Crippen molar-refractivity contribution in [3.8, 4) is 22.1 Å². The fourth-order valence-electron chi connectivity index (χ4n) is 3.28. The zero-order valence-corrected chi connectivity index (χ0v) is 18.8. The molecule has 28 heavy (non-hydrogen) atoms. The summed E-state index contributed by atoms with van der Waals surface area (Å²) in [6, 6.07) is 8.08. The van der Waals surface area contributed by atoms with E-state index in [4.69, 9.17) is 9.47 Å². The minimum atomic E-state index is -0.366. The average Bonchev–Trinajstić information content (AvgIpc) is 3.37. The highest BCUT2D eigenvalue weighted by Gasteiger charge is 2.29. The minimum Gasteiger partial charge on any atom is -0.496 e. The number of halogens is 1. The van der Waals surface area contributed by atoms with Gasteiger partial charge in [-0.15, -0.1) is 11.3 Å². The lowest BCUT2D eigenvalue weighted by Crippen LogP contribution is -2.16. The molecule has 0 fully saturated rings. The Kier molecular flexibility index (Phi) is 6.57. The summed E-state index contributed by atoms with van der Waals surface area (Å²) >= 11 is 5.18. The minimum absolute atomic E-state index is 0.332. The average molecular weight is 463 g/mol. The molecule has 0 atom stereocenters. The molecule has 1 aliphatic heterocycles. The zero-order valence-electron chi connectivity index (χ0n) is 16.4. The summed E-state index contributed by atoms with van der Waals surface area (Å²) in [5, 5.41) is 2.01. The first kappa shape index (κ1) is 20.6. The van der Waals surface area contributed by atoms with Crippen molar-refractivity contribution in [1.82, 2.24) is 9.55 Å². The number of benzene rings is 1. The van der Waals surface area contributed by atoms with E-state index in [9.17, 15) is 4.79 Å². The lowest BCUT2D eigenvalue weighted by atomic mass is 10.00. The van der Waals surface area contributed by atoms with Crippen LogP contribution in [0.2, 0.25) is 0 Å². The molecule has 0 radical (unpaired) electrons. The normalized spacial score (nSPS) is 11.8. The van der Waals surface area contributed by atoms with Gasteiger partial charge in [-0.1, -0.05) is 19.9 Å². The Morgan fingerprint density at radius 1 is 1.32 bits per heavy atom. The first-order valence-electron chi connectivity index (χ1n) is 9.33. The van der Waals surface area contributed by atoms with Crippen molar-refractivity contribution in [2.45, 2.75) is 33.6 Å². The maximum absolute atomic E-state index is 12.5. The summed E-state index contributed by atoms with van der Waals surface area (Å²) in [6.45, 7) is 6.14. The number of aryl methyl sites for hydroxylation is 1. The number of hydrogen-bond donors (Lipinski definition) is 0. The Morgan fingerprint density at radius 2 is 2.11 bits per heavy atom. The Labute approximate surface area is 177 Å². The number of ether oxygens (including phenoxy) is 2. The molecular weight excluding hydrogens is 440 g/mol. The third-order valence-electron chi connectivity index (χ3n) is 4.41. The summed E-state index contributed by atoms with van der Waals surface area (Å²) in [6.07, 6.45) is 1.55. The Hall–Kier alpha value is -2.12. The number of carbonyl (C=O) groups is 1. The van der Waals surface area contributed by atoms with Crippen LogP contribution in [0.1, 0.15) is 42.5 Å². The molecule has 0 spiro atoms. The number of fused-ring (bicyclic) bond motifs is 3. The molecule has 1 aliphatic rings. The van der Waals surface area contributed by atoms with Crippen LogP contribution in [-0.2, 0) is 17.6 Å². The van der Waals surface area contributed by atoms with Crippen molar-refractivity contribution in [2.75, 3.05) is 13.7 Å². The molecule has 0 saturated carbocycles. The third-order valence-corrected chi connectivity index (χ3v) is 5.89. The molecule has 148 valence electrons. The number of esters is 1. The van der Waals surface area contributed by atoms with Crippen molar-refractivity contribution in [1.29, 1.82) is 0 Å². The second kappa shape index (κ2) is 8.92. The van der Waals surface area contributed by atoms with Gasteiger partial charge in [-0.3, -0.25) is 4.57 Å². The summed E-state index contributed by atoms with van der Waals surface area (Å²) in [5.74, 6) is 1.21. The standard InChI is InChI=1S/C19H17BrN2O3S.C2H6/c1-3-25-19(23)17-13-7-6-11-9-15(24-2)12(20)10-14(11)22(13)18(21-17)16-5-4-8-26-16;1-2/h4-5,8-10H,3,6-7H2,1-2H3;1-2H3. The van der Waals surface area contributed by atoms with Crippen LogP contribution >= 0.6 is 27.3 Å². The van der Waals surface area contributed by atoms with E-state index < -0.39 is 0 Å². The smallest absolute Gasteiger partial charge is 0.358 e. The van der Waals surface area contributed by atoms with Crippen molar-refractivity contribution in [3.05, 3.63) is 51.1 Å². The number of rotatable bonds is 4. The van der Waals surface area contributed by atoms with Crippen LogP contribution in [-0.4, -0.2) is 29.2 Å². The summed E-state index contributed by atoms with van der Waals surface area (Å²) in [5.41, 5.74) is 3.50. The number of aromatic nitrogens is 2. The quantitative estimate of drug-likeness (QED) is 0.468. The van der Waals surface area contributed by atoms with E-state index in [1.165, 1.54) is 5.56 Å². The number of thiophene rings is 1. The van der Waals surface area contributed by atoms with E-state index in [0.29, 0.717) is 12.3 Å². The second-order valence-electron chi connectivity index (χ2n) is 5.88. The van der Waals surface area contributed by atoms with Crippen molar-refractivity contribution < 1.29 is 14.3 Å². The summed E-state index contributed by atoms with van der Waals surface area (Å²) < 4.78 is 13.6. The molecule has 0 unspecified atom stereocenters. The molecule has 5 nitrogen and oxygen atoms in total. The first-order chi connectivity index (χ1) is 13.6. The van der Waals surface area contributed by atoms with Crippen molar-refractivity contribution in [2.24, 2.45) is 0 Å². The van der Waals surface area contributed by atoms with Gasteiger partial charge in [-0.05, 0) is 64.8 Å². The van der Waals surface area contributed by atoms with Crippen molar-refractivity contribution in [3.63, 3.8) is 0 Å². The van der Waals surface area contributed by atoms with E-state index in [0.717, 1.165) is 45.1 Å². The molecule has 0 saturated heterocycles.